The van der Waals surface area contributed by atoms with Crippen molar-refractivity contribution in [3.63, 3.8) is 0 Å². The smallest absolute Gasteiger partial charge is 0.356 e. The lowest BCUT2D eigenvalue weighted by Crippen LogP contribution is -2.30. The fourth-order valence-corrected chi connectivity index (χ4v) is 3.00. The highest BCUT2D eigenvalue weighted by molar-refractivity contribution is 6.00. The maximum absolute atomic E-state index is 12.4. The van der Waals surface area contributed by atoms with Gasteiger partial charge in [-0.05, 0) is 25.8 Å². The number of rotatable bonds is 4. The van der Waals surface area contributed by atoms with Crippen LogP contribution in [0.1, 0.15) is 41.3 Å². The number of aromatic nitrogens is 4. The Kier molecular flexibility index (Phi) is 4.73. The van der Waals surface area contributed by atoms with E-state index >= 15 is 0 Å². The zero-order valence-electron chi connectivity index (χ0n) is 14.3. The average molecular weight is 347 g/mol. The molecule has 1 aliphatic rings. The molecule has 0 spiro atoms. The Balaban J connectivity index is 1.76. The second kappa shape index (κ2) is 6.96. The topological polar surface area (TPSA) is 111 Å². The van der Waals surface area contributed by atoms with E-state index in [4.69, 9.17) is 0 Å². The van der Waals surface area contributed by atoms with Gasteiger partial charge < -0.3 is 15.0 Å². The van der Waals surface area contributed by atoms with Crippen LogP contribution >= 0.6 is 0 Å². The van der Waals surface area contributed by atoms with Gasteiger partial charge in [-0.3, -0.25) is 9.36 Å². The van der Waals surface area contributed by atoms with Crippen LogP contribution in [0.4, 0.5) is 5.69 Å². The van der Waals surface area contributed by atoms with Crippen LogP contribution in [-0.2, 0) is 29.0 Å². The van der Waals surface area contributed by atoms with Crippen LogP contribution in [0.5, 0.6) is 0 Å². The highest BCUT2D eigenvalue weighted by Crippen LogP contribution is 2.18. The molecule has 3 rings (SSSR count). The van der Waals surface area contributed by atoms with Gasteiger partial charge in [-0.15, -0.1) is 0 Å². The molecule has 2 N–H and O–H groups in total. The average Bonchev–Trinajstić information content (AvgIpc) is 2.97. The monoisotopic (exact) mass is 347 g/mol. The minimum Gasteiger partial charge on any atom is -0.464 e. The van der Waals surface area contributed by atoms with Crippen molar-refractivity contribution in [2.75, 3.05) is 12.4 Å². The zero-order valence-corrected chi connectivity index (χ0v) is 14.3. The van der Waals surface area contributed by atoms with Gasteiger partial charge in [0.25, 0.3) is 0 Å². The SMILES string of the molecule is COC(=O)c1[nH]c(C)cc1NC(=O)Cn1nc2n(c1=O)CCCCC2. The number of hydrogen-bond acceptors (Lipinski definition) is 5. The molecule has 25 heavy (non-hydrogen) atoms. The highest BCUT2D eigenvalue weighted by Gasteiger charge is 2.20. The van der Waals surface area contributed by atoms with Gasteiger partial charge in [0.15, 0.2) is 0 Å². The summed E-state index contributed by atoms with van der Waals surface area (Å²) in [7, 11) is 1.27. The molecular weight excluding hydrogens is 326 g/mol. The van der Waals surface area contributed by atoms with Crippen molar-refractivity contribution in [2.24, 2.45) is 0 Å². The molecule has 0 unspecified atom stereocenters. The summed E-state index contributed by atoms with van der Waals surface area (Å²) in [6, 6.07) is 1.63. The first-order valence-corrected chi connectivity index (χ1v) is 8.24. The second-order valence-electron chi connectivity index (χ2n) is 6.10. The lowest BCUT2D eigenvalue weighted by atomic mass is 10.2. The number of ether oxygens (including phenoxy) is 1. The number of nitrogens with one attached hydrogen (secondary N) is 2. The minimum absolute atomic E-state index is 0.168. The lowest BCUT2D eigenvalue weighted by molar-refractivity contribution is -0.117. The van der Waals surface area contributed by atoms with Crippen molar-refractivity contribution >= 4 is 17.6 Å². The summed E-state index contributed by atoms with van der Waals surface area (Å²) in [5.41, 5.74) is 0.927. The number of hydrogen-bond donors (Lipinski definition) is 2. The molecular formula is C16H21N5O4. The highest BCUT2D eigenvalue weighted by atomic mass is 16.5. The number of H-pyrrole nitrogens is 1. The predicted molar refractivity (Wildman–Crippen MR) is 89.5 cm³/mol. The second-order valence-corrected chi connectivity index (χ2v) is 6.10. The van der Waals surface area contributed by atoms with E-state index in [9.17, 15) is 14.4 Å². The number of esters is 1. The molecule has 0 radical (unpaired) electrons. The summed E-state index contributed by atoms with van der Waals surface area (Å²) in [5.74, 6) is -0.281. The van der Waals surface area contributed by atoms with Gasteiger partial charge in [-0.1, -0.05) is 6.42 Å². The van der Waals surface area contributed by atoms with E-state index in [1.54, 1.807) is 17.6 Å². The van der Waals surface area contributed by atoms with Gasteiger partial charge in [0.2, 0.25) is 5.91 Å². The Bertz CT molecular complexity index is 860. The molecule has 1 amide bonds. The number of carbonyl (C=O) groups is 2. The van der Waals surface area contributed by atoms with E-state index in [1.165, 1.54) is 11.8 Å². The summed E-state index contributed by atoms with van der Waals surface area (Å²) < 4.78 is 7.50. The number of anilines is 1. The largest absolute Gasteiger partial charge is 0.464 e. The Morgan fingerprint density at radius 3 is 2.92 bits per heavy atom. The third-order valence-corrected chi connectivity index (χ3v) is 4.19. The maximum atomic E-state index is 12.4. The molecule has 9 nitrogen and oxygen atoms in total. The van der Waals surface area contributed by atoms with Gasteiger partial charge >= 0.3 is 11.7 Å². The first kappa shape index (κ1) is 17.0. The van der Waals surface area contributed by atoms with Crippen LogP contribution in [0.15, 0.2) is 10.9 Å². The molecule has 2 aromatic heterocycles. The van der Waals surface area contributed by atoms with Crippen molar-refractivity contribution < 1.29 is 14.3 Å². The molecule has 0 saturated heterocycles. The van der Waals surface area contributed by atoms with Crippen LogP contribution in [0, 0.1) is 6.92 Å². The van der Waals surface area contributed by atoms with Crippen molar-refractivity contribution in [2.45, 2.75) is 45.7 Å². The zero-order chi connectivity index (χ0) is 18.0. The van der Waals surface area contributed by atoms with Crippen LogP contribution in [0.3, 0.4) is 0 Å². The van der Waals surface area contributed by atoms with Gasteiger partial charge in [-0.25, -0.2) is 14.3 Å². The summed E-state index contributed by atoms with van der Waals surface area (Å²) in [6.45, 7) is 2.20. The summed E-state index contributed by atoms with van der Waals surface area (Å²) in [6.07, 6.45) is 3.75. The van der Waals surface area contributed by atoms with E-state index in [0.29, 0.717) is 17.9 Å². The number of fused-ring (bicyclic) bond motifs is 1. The van der Waals surface area contributed by atoms with Crippen LogP contribution < -0.4 is 11.0 Å². The summed E-state index contributed by atoms with van der Waals surface area (Å²) in [4.78, 5) is 39.3. The Morgan fingerprint density at radius 1 is 1.36 bits per heavy atom. The number of amides is 1. The molecule has 0 aliphatic carbocycles. The molecule has 0 fully saturated rings. The Morgan fingerprint density at radius 2 is 2.16 bits per heavy atom. The van der Waals surface area contributed by atoms with Gasteiger partial charge in [-0.2, -0.15) is 5.10 Å². The molecule has 9 heteroatoms. The summed E-state index contributed by atoms with van der Waals surface area (Å²) >= 11 is 0. The van der Waals surface area contributed by atoms with E-state index in [-0.39, 0.29) is 17.9 Å². The minimum atomic E-state index is -0.575. The van der Waals surface area contributed by atoms with Crippen LogP contribution in [-0.4, -0.2) is 38.3 Å². The Labute approximate surface area is 144 Å². The Hall–Kier alpha value is -2.84. The van der Waals surface area contributed by atoms with Crippen LogP contribution in [0.2, 0.25) is 0 Å². The molecule has 0 atom stereocenters. The normalized spacial score (nSPS) is 13.8. The van der Waals surface area contributed by atoms with Gasteiger partial charge in [0.1, 0.15) is 18.1 Å². The standard InChI is InChI=1S/C16H21N5O4/c1-10-8-11(14(17-10)15(23)25-2)18-13(22)9-21-16(24)20-7-5-3-4-6-12(20)19-21/h8,17H,3-7,9H2,1-2H3,(H,18,22). The lowest BCUT2D eigenvalue weighted by Gasteiger charge is -2.05. The molecule has 134 valence electrons. The maximum Gasteiger partial charge on any atom is 0.356 e. The number of methoxy groups -OCH3 is 1. The number of nitrogens with zero attached hydrogens (tertiary/aromatic N) is 3. The fourth-order valence-electron chi connectivity index (χ4n) is 3.00. The van der Waals surface area contributed by atoms with Gasteiger partial charge in [0, 0.05) is 18.7 Å². The van der Waals surface area contributed by atoms with Crippen molar-refractivity contribution in [1.29, 1.82) is 0 Å². The molecule has 1 aliphatic heterocycles. The molecule has 3 heterocycles. The van der Waals surface area contributed by atoms with E-state index < -0.39 is 11.9 Å². The van der Waals surface area contributed by atoms with Crippen LogP contribution in [0.25, 0.3) is 0 Å². The predicted octanol–water partition coefficient (Wildman–Crippen LogP) is 0.833. The summed E-state index contributed by atoms with van der Waals surface area (Å²) in [5, 5.41) is 6.91. The number of aromatic amines is 1. The molecule has 0 saturated carbocycles. The van der Waals surface area contributed by atoms with Crippen molar-refractivity contribution in [3.8, 4) is 0 Å². The molecule has 0 aromatic carbocycles. The van der Waals surface area contributed by atoms with E-state index in [0.717, 1.165) is 31.5 Å². The third-order valence-electron chi connectivity index (χ3n) is 4.19. The fraction of sp³-hybridized carbons (Fsp3) is 0.500. The first-order chi connectivity index (χ1) is 12.0. The third kappa shape index (κ3) is 3.49. The quantitative estimate of drug-likeness (QED) is 0.796. The van der Waals surface area contributed by atoms with E-state index in [2.05, 4.69) is 20.1 Å². The number of aryl methyl sites for hydroxylation is 2. The first-order valence-electron chi connectivity index (χ1n) is 8.24. The molecule has 2 aromatic rings. The van der Waals surface area contributed by atoms with Gasteiger partial charge in [0.05, 0.1) is 12.8 Å². The van der Waals surface area contributed by atoms with Crippen molar-refractivity contribution in [3.05, 3.63) is 33.8 Å². The van der Waals surface area contributed by atoms with E-state index in [1.807, 2.05) is 0 Å². The van der Waals surface area contributed by atoms with Crippen molar-refractivity contribution in [1.82, 2.24) is 19.3 Å². The number of carbonyl (C=O) groups excluding carboxylic acids is 2. The molecule has 0 bridgehead atoms.